The molecule has 1 aromatic carbocycles. The minimum absolute atomic E-state index is 0.333. The number of aliphatic carboxylic acids is 1. The molecule has 1 aromatic rings. The molecule has 15 heavy (non-hydrogen) atoms. The van der Waals surface area contributed by atoms with E-state index in [1.807, 2.05) is 0 Å². The lowest BCUT2D eigenvalue weighted by molar-refractivity contribution is -0.138. The molecule has 1 N–H and O–H groups in total. The van der Waals surface area contributed by atoms with Crippen molar-refractivity contribution in [1.29, 1.82) is 0 Å². The summed E-state index contributed by atoms with van der Waals surface area (Å²) >= 11 is 0. The molecule has 2 nitrogen and oxygen atoms in total. The average molecular weight is 214 g/mol. The third-order valence-corrected chi connectivity index (χ3v) is 2.39. The summed E-state index contributed by atoms with van der Waals surface area (Å²) in [5, 5.41) is 8.71. The highest BCUT2D eigenvalue weighted by molar-refractivity contribution is 5.75. The molecule has 1 atom stereocenters. The van der Waals surface area contributed by atoms with Crippen molar-refractivity contribution in [2.75, 3.05) is 0 Å². The number of aryl methyl sites for hydroxylation is 1. The van der Waals surface area contributed by atoms with E-state index >= 15 is 0 Å². The van der Waals surface area contributed by atoms with Crippen molar-refractivity contribution in [3.8, 4) is 0 Å². The smallest absolute Gasteiger partial charge is 0.310 e. The topological polar surface area (TPSA) is 37.3 Å². The molecule has 0 bridgehead atoms. The summed E-state index contributed by atoms with van der Waals surface area (Å²) < 4.78 is 26.9. The second-order valence-electron chi connectivity index (χ2n) is 3.35. The molecule has 0 aliphatic carbocycles. The molecule has 0 radical (unpaired) electrons. The number of rotatable bonds is 3. The molecule has 0 spiro atoms. The first-order chi connectivity index (χ1) is 6.99. The largest absolute Gasteiger partial charge is 0.481 e. The van der Waals surface area contributed by atoms with Crippen molar-refractivity contribution in [3.05, 3.63) is 34.9 Å². The number of hydrogen-bond acceptors (Lipinski definition) is 1. The quantitative estimate of drug-likeness (QED) is 0.839. The van der Waals surface area contributed by atoms with Crippen LogP contribution in [0.2, 0.25) is 0 Å². The summed E-state index contributed by atoms with van der Waals surface area (Å²) in [6, 6.07) is 2.44. The number of hydrogen-bond donors (Lipinski definition) is 1. The van der Waals surface area contributed by atoms with Crippen LogP contribution in [-0.2, 0) is 11.2 Å². The van der Waals surface area contributed by atoms with Gasteiger partial charge in [-0.25, -0.2) is 8.78 Å². The molecule has 0 aliphatic rings. The molecule has 1 rings (SSSR count). The zero-order valence-corrected chi connectivity index (χ0v) is 8.55. The van der Waals surface area contributed by atoms with Crippen LogP contribution < -0.4 is 0 Å². The van der Waals surface area contributed by atoms with Gasteiger partial charge in [-0.1, -0.05) is 13.0 Å². The van der Waals surface area contributed by atoms with Crippen LogP contribution in [0.25, 0.3) is 0 Å². The Morgan fingerprint density at radius 3 is 2.53 bits per heavy atom. The van der Waals surface area contributed by atoms with Crippen LogP contribution in [0.15, 0.2) is 12.1 Å². The summed E-state index contributed by atoms with van der Waals surface area (Å²) in [5.74, 6) is -3.95. The van der Waals surface area contributed by atoms with Gasteiger partial charge >= 0.3 is 5.97 Å². The van der Waals surface area contributed by atoms with Gasteiger partial charge < -0.3 is 5.11 Å². The van der Waals surface area contributed by atoms with Crippen molar-refractivity contribution in [1.82, 2.24) is 0 Å². The number of benzene rings is 1. The fraction of sp³-hybridized carbons (Fsp3) is 0.364. The maximum atomic E-state index is 13.6. The van der Waals surface area contributed by atoms with E-state index in [4.69, 9.17) is 5.11 Å². The van der Waals surface area contributed by atoms with Crippen LogP contribution in [0.5, 0.6) is 0 Å². The van der Waals surface area contributed by atoms with Crippen LogP contribution in [0.1, 0.15) is 30.9 Å². The fourth-order valence-electron chi connectivity index (χ4n) is 1.41. The lowest BCUT2D eigenvalue weighted by Gasteiger charge is -2.11. The molecule has 0 aliphatic heterocycles. The lowest BCUT2D eigenvalue weighted by atomic mass is 9.97. The van der Waals surface area contributed by atoms with E-state index in [0.29, 0.717) is 12.0 Å². The molecular formula is C11H12F2O2. The molecule has 1 unspecified atom stereocenters. The number of halogens is 2. The second-order valence-corrected chi connectivity index (χ2v) is 3.35. The van der Waals surface area contributed by atoms with E-state index in [9.17, 15) is 13.6 Å². The van der Waals surface area contributed by atoms with Crippen LogP contribution >= 0.6 is 0 Å². The zero-order valence-electron chi connectivity index (χ0n) is 8.55. The Balaban J connectivity index is 3.32. The van der Waals surface area contributed by atoms with Gasteiger partial charge in [0, 0.05) is 5.56 Å². The monoisotopic (exact) mass is 214 g/mol. The molecule has 0 saturated carbocycles. The minimum Gasteiger partial charge on any atom is -0.481 e. The van der Waals surface area contributed by atoms with Gasteiger partial charge in [0.2, 0.25) is 0 Å². The van der Waals surface area contributed by atoms with E-state index in [2.05, 4.69) is 0 Å². The van der Waals surface area contributed by atoms with Crippen molar-refractivity contribution >= 4 is 5.97 Å². The van der Waals surface area contributed by atoms with Crippen LogP contribution in [0, 0.1) is 11.6 Å². The maximum absolute atomic E-state index is 13.6. The summed E-state index contributed by atoms with van der Waals surface area (Å²) in [6.45, 7) is 2.99. The molecular weight excluding hydrogens is 202 g/mol. The van der Waals surface area contributed by atoms with Gasteiger partial charge in [-0.2, -0.15) is 0 Å². The zero-order chi connectivity index (χ0) is 11.6. The molecule has 0 amide bonds. The minimum atomic E-state index is -1.24. The maximum Gasteiger partial charge on any atom is 0.310 e. The van der Waals surface area contributed by atoms with Gasteiger partial charge in [0.15, 0.2) is 0 Å². The van der Waals surface area contributed by atoms with Crippen LogP contribution in [0.4, 0.5) is 8.78 Å². The van der Waals surface area contributed by atoms with Crippen LogP contribution in [-0.4, -0.2) is 11.1 Å². The molecule has 82 valence electrons. The summed E-state index contributed by atoms with van der Waals surface area (Å²) in [4.78, 5) is 10.7. The third kappa shape index (κ3) is 2.14. The Hall–Kier alpha value is -1.45. The molecule has 0 fully saturated rings. The summed E-state index contributed by atoms with van der Waals surface area (Å²) in [6.07, 6.45) is 0.408. The van der Waals surface area contributed by atoms with Crippen molar-refractivity contribution < 1.29 is 18.7 Å². The molecule has 0 aromatic heterocycles. The Morgan fingerprint density at radius 2 is 2.07 bits per heavy atom. The van der Waals surface area contributed by atoms with E-state index < -0.39 is 23.5 Å². The Labute approximate surface area is 86.5 Å². The van der Waals surface area contributed by atoms with Gasteiger partial charge in [-0.15, -0.1) is 0 Å². The van der Waals surface area contributed by atoms with Crippen molar-refractivity contribution in [2.45, 2.75) is 26.2 Å². The standard InChI is InChI=1S/C11H12F2O2/c1-3-7-4-5-8(12)9(10(7)13)6(2)11(14)15/h4-6H,3H2,1-2H3,(H,14,15). The number of carbonyl (C=O) groups is 1. The van der Waals surface area contributed by atoms with Gasteiger partial charge in [0.05, 0.1) is 5.92 Å². The third-order valence-electron chi connectivity index (χ3n) is 2.39. The number of carboxylic acids is 1. The highest BCUT2D eigenvalue weighted by atomic mass is 19.1. The van der Waals surface area contributed by atoms with E-state index in [-0.39, 0.29) is 5.56 Å². The van der Waals surface area contributed by atoms with E-state index in [1.165, 1.54) is 13.0 Å². The van der Waals surface area contributed by atoms with Crippen LogP contribution in [0.3, 0.4) is 0 Å². The normalized spacial score (nSPS) is 12.5. The highest BCUT2D eigenvalue weighted by Crippen LogP contribution is 2.25. The summed E-state index contributed by atoms with van der Waals surface area (Å²) in [5.41, 5.74) is -0.0265. The Morgan fingerprint density at radius 1 is 1.47 bits per heavy atom. The molecule has 4 heteroatoms. The van der Waals surface area contributed by atoms with Gasteiger partial charge in [-0.3, -0.25) is 4.79 Å². The van der Waals surface area contributed by atoms with Gasteiger partial charge in [0.25, 0.3) is 0 Å². The molecule has 0 heterocycles. The van der Waals surface area contributed by atoms with Crippen molar-refractivity contribution in [3.63, 3.8) is 0 Å². The summed E-state index contributed by atoms with van der Waals surface area (Å²) in [7, 11) is 0. The van der Waals surface area contributed by atoms with Crippen molar-refractivity contribution in [2.24, 2.45) is 0 Å². The predicted molar refractivity (Wildman–Crippen MR) is 51.8 cm³/mol. The molecule has 0 saturated heterocycles. The first-order valence-corrected chi connectivity index (χ1v) is 4.68. The average Bonchev–Trinajstić information content (AvgIpc) is 2.17. The fourth-order valence-corrected chi connectivity index (χ4v) is 1.41. The highest BCUT2D eigenvalue weighted by Gasteiger charge is 2.23. The first kappa shape index (κ1) is 11.6. The van der Waals surface area contributed by atoms with Gasteiger partial charge in [0.1, 0.15) is 11.6 Å². The Kier molecular flexibility index (Phi) is 3.39. The van der Waals surface area contributed by atoms with E-state index in [0.717, 1.165) is 6.07 Å². The predicted octanol–water partition coefficient (Wildman–Crippen LogP) is 2.72. The Bertz CT molecular complexity index is 388. The SMILES string of the molecule is CCc1ccc(F)c(C(C)C(=O)O)c1F. The van der Waals surface area contributed by atoms with Gasteiger partial charge in [-0.05, 0) is 25.0 Å². The lowest BCUT2D eigenvalue weighted by Crippen LogP contribution is -2.12. The van der Waals surface area contributed by atoms with E-state index in [1.54, 1.807) is 6.92 Å². The second kappa shape index (κ2) is 4.38. The first-order valence-electron chi connectivity index (χ1n) is 4.68. The number of carboxylic acid groups (broad SMARTS) is 1.